The quantitative estimate of drug-likeness (QED) is 0.762. The lowest BCUT2D eigenvalue weighted by Crippen LogP contribution is -2.58. The predicted molar refractivity (Wildman–Crippen MR) is 57.0 cm³/mol. The van der Waals surface area contributed by atoms with Crippen LogP contribution in [-0.4, -0.2) is 32.0 Å². The molecule has 14 heavy (non-hydrogen) atoms. The van der Waals surface area contributed by atoms with Crippen molar-refractivity contribution in [3.8, 4) is 0 Å². The smallest absolute Gasteiger partial charge is 0.154 e. The highest BCUT2D eigenvalue weighted by Crippen LogP contribution is 2.44. The summed E-state index contributed by atoms with van der Waals surface area (Å²) in [4.78, 5) is 0. The molecule has 2 fully saturated rings. The summed E-state index contributed by atoms with van der Waals surface area (Å²) in [7, 11) is -2.91. The maximum Gasteiger partial charge on any atom is 0.154 e. The van der Waals surface area contributed by atoms with E-state index in [9.17, 15) is 8.42 Å². The second kappa shape index (κ2) is 3.20. The van der Waals surface area contributed by atoms with Crippen molar-refractivity contribution in [2.45, 2.75) is 43.4 Å². The Balaban J connectivity index is 2.06. The molecular weight excluding hydrogens is 198 g/mol. The van der Waals surface area contributed by atoms with E-state index in [2.05, 4.69) is 12.2 Å². The lowest BCUT2D eigenvalue weighted by Gasteiger charge is -2.46. The minimum Gasteiger partial charge on any atom is -0.312 e. The van der Waals surface area contributed by atoms with Crippen LogP contribution >= 0.6 is 0 Å². The molecule has 3 nitrogen and oxygen atoms in total. The number of rotatable bonds is 4. The minimum absolute atomic E-state index is 0.323. The van der Waals surface area contributed by atoms with Gasteiger partial charge in [-0.1, -0.05) is 6.92 Å². The van der Waals surface area contributed by atoms with Gasteiger partial charge in [0.2, 0.25) is 0 Å². The largest absolute Gasteiger partial charge is 0.312 e. The molecule has 0 saturated heterocycles. The van der Waals surface area contributed by atoms with Crippen molar-refractivity contribution < 1.29 is 8.42 Å². The van der Waals surface area contributed by atoms with E-state index in [0.717, 1.165) is 12.8 Å². The fourth-order valence-electron chi connectivity index (χ4n) is 2.30. The molecule has 0 aromatic heterocycles. The Hall–Kier alpha value is -0.0900. The number of hydrogen-bond acceptors (Lipinski definition) is 3. The average molecular weight is 217 g/mol. The summed E-state index contributed by atoms with van der Waals surface area (Å²) < 4.78 is 23.0. The van der Waals surface area contributed by atoms with Gasteiger partial charge in [0, 0.05) is 18.8 Å². The topological polar surface area (TPSA) is 46.2 Å². The first-order valence-corrected chi connectivity index (χ1v) is 7.28. The molecule has 0 aliphatic heterocycles. The Morgan fingerprint density at radius 1 is 1.36 bits per heavy atom. The zero-order chi connectivity index (χ0) is 10.4. The molecule has 82 valence electrons. The fraction of sp³-hybridized carbons (Fsp3) is 1.00. The Morgan fingerprint density at radius 3 is 2.29 bits per heavy atom. The van der Waals surface area contributed by atoms with E-state index in [0.29, 0.717) is 18.5 Å². The molecule has 2 aliphatic rings. The van der Waals surface area contributed by atoms with Crippen LogP contribution < -0.4 is 5.32 Å². The van der Waals surface area contributed by atoms with Gasteiger partial charge in [-0.15, -0.1) is 0 Å². The predicted octanol–water partition coefficient (Wildman–Crippen LogP) is 0.952. The first-order chi connectivity index (χ1) is 6.46. The van der Waals surface area contributed by atoms with E-state index in [1.54, 1.807) is 0 Å². The van der Waals surface area contributed by atoms with E-state index >= 15 is 0 Å². The molecule has 2 aliphatic carbocycles. The van der Waals surface area contributed by atoms with Crippen molar-refractivity contribution in [3.63, 3.8) is 0 Å². The lowest BCUT2D eigenvalue weighted by atomic mass is 9.74. The van der Waals surface area contributed by atoms with Crippen molar-refractivity contribution in [1.29, 1.82) is 0 Å². The third-order valence-electron chi connectivity index (χ3n) is 3.90. The SMILES string of the molecule is CC1CCC1(CNC1CC1)S(C)(=O)=O. The molecule has 2 saturated carbocycles. The third-order valence-corrected chi connectivity index (χ3v) is 6.13. The first kappa shape index (κ1) is 10.4. The molecular formula is C10H19NO2S. The van der Waals surface area contributed by atoms with Crippen LogP contribution in [-0.2, 0) is 9.84 Å². The van der Waals surface area contributed by atoms with Crippen molar-refractivity contribution in [2.24, 2.45) is 5.92 Å². The van der Waals surface area contributed by atoms with Crippen molar-refractivity contribution >= 4 is 9.84 Å². The summed E-state index contributed by atoms with van der Waals surface area (Å²) in [6.07, 6.45) is 5.71. The summed E-state index contributed by atoms with van der Waals surface area (Å²) in [6, 6.07) is 0.599. The number of nitrogens with one attached hydrogen (secondary N) is 1. The fourth-order valence-corrected chi connectivity index (χ4v) is 3.99. The second-order valence-corrected chi connectivity index (χ2v) is 7.29. The summed E-state index contributed by atoms with van der Waals surface area (Å²) in [5, 5.41) is 3.36. The maximum absolute atomic E-state index is 11.7. The molecule has 0 heterocycles. The molecule has 0 aromatic rings. The van der Waals surface area contributed by atoms with Crippen LogP contribution in [0.5, 0.6) is 0 Å². The van der Waals surface area contributed by atoms with Crippen molar-refractivity contribution in [3.05, 3.63) is 0 Å². The highest BCUT2D eigenvalue weighted by atomic mass is 32.2. The Kier molecular flexibility index (Phi) is 2.39. The van der Waals surface area contributed by atoms with Crippen LogP contribution in [0.3, 0.4) is 0 Å². The van der Waals surface area contributed by atoms with Crippen LogP contribution in [0.1, 0.15) is 32.6 Å². The highest BCUT2D eigenvalue weighted by molar-refractivity contribution is 7.92. The standard InChI is InChI=1S/C10H19NO2S/c1-8-5-6-10(8,14(2,12)13)7-11-9-3-4-9/h8-9,11H,3-7H2,1-2H3. The van der Waals surface area contributed by atoms with Crippen LogP contribution in [0.2, 0.25) is 0 Å². The van der Waals surface area contributed by atoms with Gasteiger partial charge in [-0.05, 0) is 31.6 Å². The van der Waals surface area contributed by atoms with Gasteiger partial charge in [0.25, 0.3) is 0 Å². The van der Waals surface area contributed by atoms with E-state index in [1.807, 2.05) is 0 Å². The zero-order valence-electron chi connectivity index (χ0n) is 8.91. The van der Waals surface area contributed by atoms with Gasteiger partial charge in [-0.25, -0.2) is 8.42 Å². The third kappa shape index (κ3) is 1.58. The summed E-state index contributed by atoms with van der Waals surface area (Å²) in [5.41, 5.74) is 0. The average Bonchev–Trinajstić information content (AvgIpc) is 2.83. The van der Waals surface area contributed by atoms with Crippen molar-refractivity contribution in [2.75, 3.05) is 12.8 Å². The molecule has 2 rings (SSSR count). The van der Waals surface area contributed by atoms with Gasteiger partial charge in [-0.2, -0.15) is 0 Å². The van der Waals surface area contributed by atoms with Gasteiger partial charge in [0.1, 0.15) is 0 Å². The van der Waals surface area contributed by atoms with Gasteiger partial charge >= 0.3 is 0 Å². The second-order valence-electron chi connectivity index (χ2n) is 4.93. The Labute approximate surface area is 86.2 Å². The van der Waals surface area contributed by atoms with Crippen molar-refractivity contribution in [1.82, 2.24) is 5.32 Å². The minimum atomic E-state index is -2.91. The summed E-state index contributed by atoms with van der Waals surface area (Å²) in [6.45, 7) is 2.72. The van der Waals surface area contributed by atoms with E-state index in [4.69, 9.17) is 0 Å². The van der Waals surface area contributed by atoms with Gasteiger partial charge in [0.05, 0.1) is 4.75 Å². The van der Waals surface area contributed by atoms with Crippen LogP contribution in [0, 0.1) is 5.92 Å². The maximum atomic E-state index is 11.7. The first-order valence-electron chi connectivity index (χ1n) is 5.39. The molecule has 0 radical (unpaired) electrons. The molecule has 0 aromatic carbocycles. The Bertz CT molecular complexity index is 321. The number of hydrogen-bond donors (Lipinski definition) is 1. The molecule has 0 bridgehead atoms. The normalized spacial score (nSPS) is 38.0. The van der Waals surface area contributed by atoms with Crippen LogP contribution in [0.25, 0.3) is 0 Å². The molecule has 1 N–H and O–H groups in total. The molecule has 2 atom stereocenters. The van der Waals surface area contributed by atoms with Gasteiger partial charge < -0.3 is 5.32 Å². The monoisotopic (exact) mass is 217 g/mol. The van der Waals surface area contributed by atoms with E-state index in [-0.39, 0.29) is 0 Å². The number of sulfone groups is 1. The van der Waals surface area contributed by atoms with Gasteiger partial charge in [-0.3, -0.25) is 0 Å². The highest BCUT2D eigenvalue weighted by Gasteiger charge is 2.52. The molecule has 2 unspecified atom stereocenters. The molecule has 0 spiro atoms. The Morgan fingerprint density at radius 2 is 2.00 bits per heavy atom. The van der Waals surface area contributed by atoms with Gasteiger partial charge in [0.15, 0.2) is 9.84 Å². The summed E-state index contributed by atoms with van der Waals surface area (Å²) >= 11 is 0. The van der Waals surface area contributed by atoms with Crippen LogP contribution in [0.4, 0.5) is 0 Å². The lowest BCUT2D eigenvalue weighted by molar-refractivity contribution is 0.216. The van der Waals surface area contributed by atoms with E-state index in [1.165, 1.54) is 19.1 Å². The molecule has 4 heteroatoms. The summed E-state index contributed by atoms with van der Waals surface area (Å²) in [5.74, 6) is 0.323. The van der Waals surface area contributed by atoms with E-state index < -0.39 is 14.6 Å². The van der Waals surface area contributed by atoms with Crippen LogP contribution in [0.15, 0.2) is 0 Å². The molecule has 0 amide bonds. The zero-order valence-corrected chi connectivity index (χ0v) is 9.73.